The van der Waals surface area contributed by atoms with Gasteiger partial charge in [0.2, 0.25) is 0 Å². The first-order valence-corrected chi connectivity index (χ1v) is 10.9. The summed E-state index contributed by atoms with van der Waals surface area (Å²) in [6.45, 7) is 0.0373. The van der Waals surface area contributed by atoms with Crippen molar-refractivity contribution in [3.05, 3.63) is 102 Å². The monoisotopic (exact) mass is 561 g/mol. The number of nitro groups is 2. The summed E-state index contributed by atoms with van der Waals surface area (Å²) in [5, 5.41) is 29.1. The first-order valence-electron chi connectivity index (χ1n) is 9.68. The van der Waals surface area contributed by atoms with E-state index in [0.29, 0.717) is 16.5 Å². The van der Waals surface area contributed by atoms with Gasteiger partial charge in [0.15, 0.2) is 5.76 Å². The fraction of sp³-hybridized carbons (Fsp3) is 0.0476. The molecule has 4 rings (SSSR count). The summed E-state index contributed by atoms with van der Waals surface area (Å²) in [6.07, 6.45) is 1.41. The van der Waals surface area contributed by atoms with Crippen molar-refractivity contribution in [2.24, 2.45) is 0 Å². The highest BCUT2D eigenvalue weighted by Gasteiger charge is 2.20. The van der Waals surface area contributed by atoms with Crippen LogP contribution in [0.15, 0.2) is 69.7 Å². The van der Waals surface area contributed by atoms with Gasteiger partial charge in [0.25, 0.3) is 11.6 Å². The predicted molar refractivity (Wildman–Crippen MR) is 127 cm³/mol. The molecule has 0 aliphatic rings. The molecule has 0 saturated carbocycles. The quantitative estimate of drug-likeness (QED) is 0.208. The number of hydrogen-bond donors (Lipinski definition) is 1. The van der Waals surface area contributed by atoms with Gasteiger partial charge < -0.3 is 24.6 Å². The van der Waals surface area contributed by atoms with Crippen LogP contribution in [0, 0.1) is 20.2 Å². The second-order valence-corrected chi connectivity index (χ2v) is 8.29. The Kier molecular flexibility index (Phi) is 6.80. The topological polar surface area (TPSA) is 156 Å². The first kappa shape index (κ1) is 23.9. The number of furan rings is 1. The average molecular weight is 563 g/mol. The van der Waals surface area contributed by atoms with Crippen LogP contribution in [0.5, 0.6) is 11.5 Å². The number of amides is 1. The zero-order valence-electron chi connectivity index (χ0n) is 17.4. The van der Waals surface area contributed by atoms with Gasteiger partial charge in [-0.25, -0.2) is 0 Å². The van der Waals surface area contributed by atoms with Gasteiger partial charge in [-0.3, -0.25) is 14.9 Å². The number of non-ortho nitro benzene ring substituents is 1. The summed E-state index contributed by atoms with van der Waals surface area (Å²) in [5.41, 5.74) is -0.185. The Morgan fingerprint density at radius 1 is 1.09 bits per heavy atom. The standard InChI is InChI=1S/C21H13BrClN5O7/c22-18-11-26(25-20(18)28(32)33)10-16-5-6-19(35-16)21(29)24-13-7-14(27(30)31)9-17(8-13)34-15-3-1-12(23)2-4-15/h1-9,11H,10H2,(H,24,29). The molecule has 0 radical (unpaired) electrons. The predicted octanol–water partition coefficient (Wildman–Crippen LogP) is 5.80. The molecule has 0 spiro atoms. The van der Waals surface area contributed by atoms with Crippen molar-refractivity contribution < 1.29 is 23.8 Å². The number of carbonyl (C=O) groups is 1. The molecule has 14 heteroatoms. The zero-order valence-corrected chi connectivity index (χ0v) is 19.7. The number of ether oxygens (including phenoxy) is 1. The Labute approximate surface area is 209 Å². The van der Waals surface area contributed by atoms with Crippen LogP contribution < -0.4 is 10.1 Å². The van der Waals surface area contributed by atoms with Crippen molar-refractivity contribution in [2.75, 3.05) is 5.32 Å². The Hall–Kier alpha value is -4.23. The summed E-state index contributed by atoms with van der Waals surface area (Å²) in [6, 6.07) is 13.1. The Morgan fingerprint density at radius 3 is 2.49 bits per heavy atom. The van der Waals surface area contributed by atoms with Gasteiger partial charge in [0.05, 0.1) is 28.0 Å². The van der Waals surface area contributed by atoms with Gasteiger partial charge >= 0.3 is 5.82 Å². The average Bonchev–Trinajstić information content (AvgIpc) is 3.42. The molecule has 35 heavy (non-hydrogen) atoms. The molecule has 0 atom stereocenters. The van der Waals surface area contributed by atoms with E-state index >= 15 is 0 Å². The van der Waals surface area contributed by atoms with E-state index < -0.39 is 15.8 Å². The number of carbonyl (C=O) groups excluding carboxylic acids is 1. The molecule has 12 nitrogen and oxygen atoms in total. The third-order valence-electron chi connectivity index (χ3n) is 4.48. The van der Waals surface area contributed by atoms with Gasteiger partial charge in [0.1, 0.15) is 28.3 Å². The summed E-state index contributed by atoms with van der Waals surface area (Å²) in [4.78, 5) is 33.7. The molecule has 1 N–H and O–H groups in total. The molecule has 2 aromatic carbocycles. The number of rotatable bonds is 8. The molecule has 0 bridgehead atoms. The summed E-state index contributed by atoms with van der Waals surface area (Å²) >= 11 is 8.91. The number of hydrogen-bond acceptors (Lipinski definition) is 8. The number of aromatic nitrogens is 2. The van der Waals surface area contributed by atoms with Crippen LogP contribution in [0.3, 0.4) is 0 Å². The highest BCUT2D eigenvalue weighted by atomic mass is 79.9. The lowest BCUT2D eigenvalue weighted by atomic mass is 10.2. The maximum absolute atomic E-state index is 12.7. The first-order chi connectivity index (χ1) is 16.7. The lowest BCUT2D eigenvalue weighted by molar-refractivity contribution is -0.390. The van der Waals surface area contributed by atoms with Crippen molar-refractivity contribution in [1.82, 2.24) is 9.78 Å². The van der Waals surface area contributed by atoms with Crippen LogP contribution in [0.4, 0.5) is 17.2 Å². The fourth-order valence-electron chi connectivity index (χ4n) is 2.99. The molecular formula is C21H13BrClN5O7. The van der Waals surface area contributed by atoms with Crippen molar-refractivity contribution >= 4 is 50.6 Å². The highest BCUT2D eigenvalue weighted by molar-refractivity contribution is 9.10. The highest BCUT2D eigenvalue weighted by Crippen LogP contribution is 2.31. The number of benzene rings is 2. The van der Waals surface area contributed by atoms with Crippen LogP contribution in [0.1, 0.15) is 16.3 Å². The van der Waals surface area contributed by atoms with Crippen LogP contribution >= 0.6 is 27.5 Å². The molecule has 0 aliphatic carbocycles. The molecule has 178 valence electrons. The van der Waals surface area contributed by atoms with E-state index in [-0.39, 0.29) is 39.7 Å². The lowest BCUT2D eigenvalue weighted by Gasteiger charge is -2.09. The Balaban J connectivity index is 1.50. The Morgan fingerprint density at radius 2 is 1.83 bits per heavy atom. The molecular weight excluding hydrogens is 550 g/mol. The van der Waals surface area contributed by atoms with E-state index in [2.05, 4.69) is 26.3 Å². The number of halogens is 2. The second kappa shape index (κ2) is 9.95. The number of nitro benzene ring substituents is 1. The molecule has 0 aliphatic heterocycles. The second-order valence-electron chi connectivity index (χ2n) is 7.00. The maximum Gasteiger partial charge on any atom is 0.404 e. The van der Waals surface area contributed by atoms with Gasteiger partial charge in [-0.05, 0) is 57.3 Å². The van der Waals surface area contributed by atoms with E-state index in [1.54, 1.807) is 24.3 Å². The smallest absolute Gasteiger partial charge is 0.404 e. The van der Waals surface area contributed by atoms with Gasteiger partial charge in [0, 0.05) is 17.2 Å². The van der Waals surface area contributed by atoms with Crippen LogP contribution in [-0.4, -0.2) is 25.5 Å². The molecule has 0 saturated heterocycles. The summed E-state index contributed by atoms with van der Waals surface area (Å²) in [5.74, 6) is -0.256. The molecule has 0 unspecified atom stereocenters. The summed E-state index contributed by atoms with van der Waals surface area (Å²) in [7, 11) is 0. The molecule has 1 amide bonds. The molecule has 2 aromatic heterocycles. The fourth-order valence-corrected chi connectivity index (χ4v) is 3.57. The summed E-state index contributed by atoms with van der Waals surface area (Å²) < 4.78 is 12.6. The van der Waals surface area contributed by atoms with Crippen molar-refractivity contribution in [1.29, 1.82) is 0 Å². The van der Waals surface area contributed by atoms with Crippen LogP contribution in [0.25, 0.3) is 0 Å². The minimum Gasteiger partial charge on any atom is -0.457 e. The van der Waals surface area contributed by atoms with E-state index in [0.717, 1.165) is 0 Å². The SMILES string of the molecule is O=C(Nc1cc(Oc2ccc(Cl)cc2)cc([N+](=O)[O-])c1)c1ccc(Cn2cc(Br)c([N+](=O)[O-])n2)o1. The van der Waals surface area contributed by atoms with E-state index in [4.69, 9.17) is 20.8 Å². The molecule has 4 aromatic rings. The van der Waals surface area contributed by atoms with Crippen molar-refractivity contribution in [3.63, 3.8) is 0 Å². The Bertz CT molecular complexity index is 1430. The largest absolute Gasteiger partial charge is 0.457 e. The number of nitrogens with one attached hydrogen (secondary N) is 1. The van der Waals surface area contributed by atoms with Crippen molar-refractivity contribution in [2.45, 2.75) is 6.54 Å². The third-order valence-corrected chi connectivity index (χ3v) is 5.30. The van der Waals surface area contributed by atoms with E-state index in [9.17, 15) is 25.0 Å². The van der Waals surface area contributed by atoms with E-state index in [1.807, 2.05) is 0 Å². The molecule has 0 fully saturated rings. The molecule has 2 heterocycles. The lowest BCUT2D eigenvalue weighted by Crippen LogP contribution is -2.11. The number of anilines is 1. The van der Waals surface area contributed by atoms with Crippen LogP contribution in [0.2, 0.25) is 5.02 Å². The van der Waals surface area contributed by atoms with Gasteiger partial charge in [-0.15, -0.1) is 0 Å². The van der Waals surface area contributed by atoms with Crippen molar-refractivity contribution in [3.8, 4) is 11.5 Å². The third kappa shape index (κ3) is 5.83. The minimum atomic E-state index is -0.665. The normalized spacial score (nSPS) is 10.7. The minimum absolute atomic E-state index is 0.0373. The van der Waals surface area contributed by atoms with Gasteiger partial charge in [-0.2, -0.15) is 4.68 Å². The van der Waals surface area contributed by atoms with Crippen LogP contribution in [-0.2, 0) is 6.54 Å². The number of nitrogens with zero attached hydrogens (tertiary/aromatic N) is 4. The zero-order chi connectivity index (χ0) is 25.1. The maximum atomic E-state index is 12.7. The van der Waals surface area contributed by atoms with E-state index in [1.165, 1.54) is 41.2 Å². The van der Waals surface area contributed by atoms with Gasteiger partial charge in [-0.1, -0.05) is 11.6 Å².